The Labute approximate surface area is 94.0 Å². The minimum atomic E-state index is 0.417. The molecule has 0 bridgehead atoms. The van der Waals surface area contributed by atoms with E-state index in [1.165, 1.54) is 42.9 Å². The molecular weight excluding hydrogens is 206 g/mol. The fourth-order valence-corrected chi connectivity index (χ4v) is 3.55. The third-order valence-corrected chi connectivity index (χ3v) is 4.21. The molecule has 80 valence electrons. The quantitative estimate of drug-likeness (QED) is 0.668. The molecule has 0 aromatic carbocycles. The number of fused-ring (bicyclic) bond motifs is 1. The van der Waals surface area contributed by atoms with Crippen LogP contribution in [0.2, 0.25) is 0 Å². The molecule has 0 spiro atoms. The fraction of sp³-hybridized carbons (Fsp3) is 0.636. The number of azo groups is 2. The van der Waals surface area contributed by atoms with Crippen molar-refractivity contribution in [2.75, 3.05) is 20.1 Å². The van der Waals surface area contributed by atoms with Gasteiger partial charge in [0.05, 0.1) is 0 Å². The van der Waals surface area contributed by atoms with Crippen molar-refractivity contribution in [3.8, 4) is 0 Å². The van der Waals surface area contributed by atoms with Crippen LogP contribution in [0.15, 0.2) is 16.6 Å². The van der Waals surface area contributed by atoms with E-state index in [2.05, 4.69) is 33.2 Å². The highest BCUT2D eigenvalue weighted by molar-refractivity contribution is 7.10. The molecule has 1 unspecified atom stereocenters. The highest BCUT2D eigenvalue weighted by Crippen LogP contribution is 2.41. The number of likely N-dealkylation sites (tertiary alicyclic amines) is 1. The second-order valence-electron chi connectivity index (χ2n) is 4.31. The molecule has 1 saturated heterocycles. The Kier molecular flexibility index (Phi) is 2.33. The predicted octanol–water partition coefficient (Wildman–Crippen LogP) is 2.97. The van der Waals surface area contributed by atoms with Crippen molar-refractivity contribution in [3.05, 3.63) is 16.3 Å². The Bertz CT molecular complexity index is 390. The van der Waals surface area contributed by atoms with Gasteiger partial charge in [0.25, 0.3) is 6.17 Å². The van der Waals surface area contributed by atoms with E-state index in [1.807, 2.05) is 11.3 Å². The molecule has 2 aliphatic rings. The Morgan fingerprint density at radius 3 is 3.00 bits per heavy atom. The average Bonchev–Trinajstić information content (AvgIpc) is 2.78. The monoisotopic (exact) mass is 222 g/mol. The average molecular weight is 222 g/mol. The molecule has 0 N–H and O–H groups in total. The van der Waals surface area contributed by atoms with E-state index in [9.17, 15) is 0 Å². The number of thiophene rings is 1. The molecule has 1 aromatic rings. The van der Waals surface area contributed by atoms with Crippen LogP contribution in [0.4, 0.5) is 5.69 Å². The zero-order valence-corrected chi connectivity index (χ0v) is 9.83. The second-order valence-corrected chi connectivity index (χ2v) is 5.26. The van der Waals surface area contributed by atoms with Crippen molar-refractivity contribution in [3.63, 3.8) is 0 Å². The molecule has 0 amide bonds. The van der Waals surface area contributed by atoms with Crippen LogP contribution in [-0.4, -0.2) is 29.7 Å². The standard InChI is InChI=1S/C11H16N3S/c1-13-11(14-6-3-2-4-7-14)10-9(12-13)5-8-15-10/h5,8,11H,2-4,6-7H2,1H3/q+1. The third kappa shape index (κ3) is 1.52. The predicted molar refractivity (Wildman–Crippen MR) is 60.8 cm³/mol. The topological polar surface area (TPSA) is 18.6 Å². The van der Waals surface area contributed by atoms with Gasteiger partial charge < -0.3 is 0 Å². The van der Waals surface area contributed by atoms with Crippen LogP contribution < -0.4 is 0 Å². The van der Waals surface area contributed by atoms with Gasteiger partial charge >= 0.3 is 0 Å². The van der Waals surface area contributed by atoms with Crippen molar-refractivity contribution in [1.82, 2.24) is 4.90 Å². The number of hydrogen-bond donors (Lipinski definition) is 0. The Morgan fingerprint density at radius 1 is 1.40 bits per heavy atom. The van der Waals surface area contributed by atoms with Crippen LogP contribution in [0.5, 0.6) is 0 Å². The minimum absolute atomic E-state index is 0.417. The summed E-state index contributed by atoms with van der Waals surface area (Å²) in [6.45, 7) is 2.45. The lowest BCUT2D eigenvalue weighted by Gasteiger charge is -2.27. The zero-order valence-electron chi connectivity index (χ0n) is 9.02. The van der Waals surface area contributed by atoms with E-state index in [1.54, 1.807) is 0 Å². The second kappa shape index (κ2) is 3.68. The molecule has 4 heteroatoms. The van der Waals surface area contributed by atoms with Crippen LogP contribution in [0.3, 0.4) is 0 Å². The molecule has 0 radical (unpaired) electrons. The highest BCUT2D eigenvalue weighted by Gasteiger charge is 2.38. The fourth-order valence-electron chi connectivity index (χ4n) is 2.55. The SMILES string of the molecule is C[N+]1=Nc2ccsc2C1N1CCCCC1. The van der Waals surface area contributed by atoms with Gasteiger partial charge in [-0.1, -0.05) is 6.42 Å². The summed E-state index contributed by atoms with van der Waals surface area (Å²) in [6, 6.07) is 2.13. The van der Waals surface area contributed by atoms with Crippen molar-refractivity contribution in [2.24, 2.45) is 5.11 Å². The van der Waals surface area contributed by atoms with Gasteiger partial charge in [0, 0.05) is 13.1 Å². The maximum atomic E-state index is 4.57. The van der Waals surface area contributed by atoms with E-state index in [-0.39, 0.29) is 0 Å². The normalized spacial score (nSPS) is 26.5. The van der Waals surface area contributed by atoms with E-state index < -0.39 is 0 Å². The Balaban J connectivity index is 1.90. The van der Waals surface area contributed by atoms with Gasteiger partial charge in [-0.25, -0.2) is 4.90 Å². The lowest BCUT2D eigenvalue weighted by atomic mass is 10.1. The molecule has 1 atom stereocenters. The van der Waals surface area contributed by atoms with Crippen LogP contribution >= 0.6 is 11.3 Å². The van der Waals surface area contributed by atoms with E-state index >= 15 is 0 Å². The van der Waals surface area contributed by atoms with Crippen molar-refractivity contribution in [1.29, 1.82) is 0 Å². The van der Waals surface area contributed by atoms with Crippen LogP contribution in [0.25, 0.3) is 0 Å². The summed E-state index contributed by atoms with van der Waals surface area (Å²) in [5.41, 5.74) is 1.18. The molecule has 2 aliphatic heterocycles. The van der Waals surface area contributed by atoms with Crippen LogP contribution in [-0.2, 0) is 0 Å². The summed E-state index contributed by atoms with van der Waals surface area (Å²) < 4.78 is 2.12. The Morgan fingerprint density at radius 2 is 2.20 bits per heavy atom. The summed E-state index contributed by atoms with van der Waals surface area (Å²) in [4.78, 5) is 3.99. The van der Waals surface area contributed by atoms with Crippen LogP contribution in [0, 0.1) is 0 Å². The van der Waals surface area contributed by atoms with Crippen LogP contribution in [0.1, 0.15) is 30.3 Å². The van der Waals surface area contributed by atoms with Gasteiger partial charge in [0.2, 0.25) is 0 Å². The molecule has 3 heterocycles. The molecule has 0 saturated carbocycles. The van der Waals surface area contributed by atoms with Gasteiger partial charge in [-0.05, 0) is 29.4 Å². The first kappa shape index (κ1) is 9.48. The smallest absolute Gasteiger partial charge is 0.239 e. The minimum Gasteiger partial charge on any atom is -0.239 e. The molecule has 3 nitrogen and oxygen atoms in total. The number of piperidine rings is 1. The summed E-state index contributed by atoms with van der Waals surface area (Å²) >= 11 is 1.84. The van der Waals surface area contributed by atoms with E-state index in [0.29, 0.717) is 6.17 Å². The van der Waals surface area contributed by atoms with Crippen molar-refractivity contribution in [2.45, 2.75) is 25.4 Å². The van der Waals surface area contributed by atoms with E-state index in [0.717, 1.165) is 0 Å². The molecular formula is C11H16N3S+. The zero-order chi connectivity index (χ0) is 10.3. The van der Waals surface area contributed by atoms with Gasteiger partial charge in [0.15, 0.2) is 12.7 Å². The maximum absolute atomic E-state index is 4.57. The van der Waals surface area contributed by atoms with Crippen molar-refractivity contribution < 1.29 is 4.70 Å². The Hall–Kier alpha value is -0.740. The summed E-state index contributed by atoms with van der Waals surface area (Å²) in [5, 5.41) is 6.72. The first-order valence-electron chi connectivity index (χ1n) is 5.62. The number of rotatable bonds is 1. The number of nitrogens with zero attached hydrogens (tertiary/aromatic N) is 3. The first-order chi connectivity index (χ1) is 7.36. The summed E-state index contributed by atoms with van der Waals surface area (Å²) in [7, 11) is 2.09. The molecule has 1 fully saturated rings. The van der Waals surface area contributed by atoms with Crippen molar-refractivity contribution >= 4 is 17.0 Å². The lowest BCUT2D eigenvalue weighted by Crippen LogP contribution is -2.36. The maximum Gasteiger partial charge on any atom is 0.272 e. The van der Waals surface area contributed by atoms with Gasteiger partial charge in [0.1, 0.15) is 4.88 Å². The molecule has 0 aliphatic carbocycles. The molecule has 15 heavy (non-hydrogen) atoms. The van der Waals surface area contributed by atoms with Gasteiger partial charge in [-0.15, -0.1) is 16.0 Å². The largest absolute Gasteiger partial charge is 0.272 e. The number of hydrogen-bond acceptors (Lipinski definition) is 3. The third-order valence-electron chi connectivity index (χ3n) is 3.26. The van der Waals surface area contributed by atoms with Gasteiger partial charge in [-0.3, -0.25) is 0 Å². The first-order valence-corrected chi connectivity index (χ1v) is 6.50. The lowest BCUT2D eigenvalue weighted by molar-refractivity contribution is -0.622. The van der Waals surface area contributed by atoms with Gasteiger partial charge in [-0.2, -0.15) is 0 Å². The summed E-state index contributed by atoms with van der Waals surface area (Å²) in [6.07, 6.45) is 4.48. The van der Waals surface area contributed by atoms with E-state index in [4.69, 9.17) is 0 Å². The highest BCUT2D eigenvalue weighted by atomic mass is 32.1. The molecule has 3 rings (SSSR count). The molecule has 1 aromatic heterocycles. The summed E-state index contributed by atoms with van der Waals surface area (Å²) in [5.74, 6) is 0.